The molecule has 0 unspecified atom stereocenters. The zero-order chi connectivity index (χ0) is 20.5. The van der Waals surface area contributed by atoms with Crippen LogP contribution < -0.4 is 0 Å². The molecule has 0 amide bonds. The van der Waals surface area contributed by atoms with Gasteiger partial charge in [0.05, 0.1) is 19.1 Å². The number of rotatable bonds is 6. The molecule has 0 aliphatic carbocycles. The summed E-state index contributed by atoms with van der Waals surface area (Å²) >= 11 is 0. The minimum absolute atomic E-state index is 0.0549. The maximum Gasteiger partial charge on any atom is 0.264 e. The summed E-state index contributed by atoms with van der Waals surface area (Å²) in [6, 6.07) is 8.99. The van der Waals surface area contributed by atoms with Crippen molar-refractivity contribution < 1.29 is 44.1 Å². The summed E-state index contributed by atoms with van der Waals surface area (Å²) in [6.45, 7) is 0.0549. The van der Waals surface area contributed by atoms with Crippen LogP contribution in [0.25, 0.3) is 0 Å². The van der Waals surface area contributed by atoms with Gasteiger partial charge in [0, 0.05) is 12.7 Å². The molecule has 2 aliphatic heterocycles. The molecule has 6 atom stereocenters. The van der Waals surface area contributed by atoms with Crippen LogP contribution in [0.5, 0.6) is 0 Å². The molecule has 0 N–H and O–H groups in total. The van der Waals surface area contributed by atoms with Gasteiger partial charge in [-0.15, -0.1) is 0 Å². The molecular formula is C16H22O10S2. The van der Waals surface area contributed by atoms with Gasteiger partial charge in [0.25, 0.3) is 20.2 Å². The van der Waals surface area contributed by atoms with Crippen molar-refractivity contribution >= 4 is 20.2 Å². The monoisotopic (exact) mass is 438 g/mol. The lowest BCUT2D eigenvalue weighted by molar-refractivity contribution is -0.351. The van der Waals surface area contributed by atoms with E-state index in [1.807, 2.05) is 6.07 Å². The average Bonchev–Trinajstić information content (AvgIpc) is 2.61. The van der Waals surface area contributed by atoms with Crippen LogP contribution in [0.1, 0.15) is 11.9 Å². The molecule has 2 aliphatic rings. The van der Waals surface area contributed by atoms with Gasteiger partial charge in [-0.1, -0.05) is 30.3 Å². The molecular weight excluding hydrogens is 416 g/mol. The third-order valence-electron chi connectivity index (χ3n) is 4.16. The smallest absolute Gasteiger partial charge is 0.264 e. The lowest BCUT2D eigenvalue weighted by Crippen LogP contribution is -2.64. The third kappa shape index (κ3) is 5.27. The van der Waals surface area contributed by atoms with Gasteiger partial charge in [0.15, 0.2) is 18.7 Å². The van der Waals surface area contributed by atoms with Crippen molar-refractivity contribution in [3.63, 3.8) is 0 Å². The molecule has 12 heteroatoms. The van der Waals surface area contributed by atoms with E-state index in [1.165, 1.54) is 7.11 Å². The number of hydrogen-bond acceptors (Lipinski definition) is 10. The molecule has 2 heterocycles. The summed E-state index contributed by atoms with van der Waals surface area (Å²) in [5.74, 6) is 0. The lowest BCUT2D eigenvalue weighted by Gasteiger charge is -2.47. The lowest BCUT2D eigenvalue weighted by atomic mass is 9.98. The molecule has 0 radical (unpaired) electrons. The quantitative estimate of drug-likeness (QED) is 0.567. The van der Waals surface area contributed by atoms with Gasteiger partial charge in [0.2, 0.25) is 0 Å². The van der Waals surface area contributed by atoms with Gasteiger partial charge in [-0.3, -0.25) is 8.37 Å². The highest BCUT2D eigenvalue weighted by atomic mass is 32.2. The Bertz CT molecular complexity index is 870. The topological polar surface area (TPSA) is 124 Å². The Labute approximate surface area is 163 Å². The molecule has 2 fully saturated rings. The summed E-state index contributed by atoms with van der Waals surface area (Å²) in [7, 11) is -6.69. The fraction of sp³-hybridized carbons (Fsp3) is 0.625. The third-order valence-corrected chi connectivity index (χ3v) is 5.30. The average molecular weight is 438 g/mol. The summed E-state index contributed by atoms with van der Waals surface area (Å²) in [5.41, 5.74) is 0.702. The van der Waals surface area contributed by atoms with Gasteiger partial charge in [-0.05, 0) is 0 Å². The summed E-state index contributed by atoms with van der Waals surface area (Å²) < 4.78 is 79.7. The summed E-state index contributed by atoms with van der Waals surface area (Å²) in [4.78, 5) is 0. The van der Waals surface area contributed by atoms with Gasteiger partial charge in [-0.2, -0.15) is 16.8 Å². The Morgan fingerprint density at radius 1 is 0.929 bits per heavy atom. The van der Waals surface area contributed by atoms with E-state index in [0.717, 1.165) is 12.5 Å². The van der Waals surface area contributed by atoms with Crippen molar-refractivity contribution in [2.75, 3.05) is 26.2 Å². The molecule has 1 aromatic carbocycles. The summed E-state index contributed by atoms with van der Waals surface area (Å²) in [5, 5.41) is 0. The van der Waals surface area contributed by atoms with Crippen LogP contribution in [0.15, 0.2) is 30.3 Å². The highest BCUT2D eigenvalue weighted by molar-refractivity contribution is 7.86. The number of fused-ring (bicyclic) bond motifs is 1. The van der Waals surface area contributed by atoms with Crippen molar-refractivity contribution in [3.05, 3.63) is 35.9 Å². The first kappa shape index (κ1) is 21.6. The van der Waals surface area contributed by atoms with E-state index >= 15 is 0 Å². The molecule has 10 nitrogen and oxygen atoms in total. The van der Waals surface area contributed by atoms with Gasteiger partial charge in [-0.25, -0.2) is 0 Å². The first-order chi connectivity index (χ1) is 13.1. The van der Waals surface area contributed by atoms with Gasteiger partial charge >= 0.3 is 0 Å². The molecule has 0 saturated carbocycles. The second kappa shape index (κ2) is 8.32. The van der Waals surface area contributed by atoms with Crippen molar-refractivity contribution in [1.82, 2.24) is 0 Å². The number of hydrogen-bond donors (Lipinski definition) is 0. The van der Waals surface area contributed by atoms with Crippen LogP contribution in [-0.2, 0) is 47.5 Å². The predicted molar refractivity (Wildman–Crippen MR) is 95.1 cm³/mol. The first-order valence-corrected chi connectivity index (χ1v) is 12.0. The molecule has 28 heavy (non-hydrogen) atoms. The van der Waals surface area contributed by atoms with E-state index in [2.05, 4.69) is 0 Å². The fourth-order valence-electron chi connectivity index (χ4n) is 3.13. The molecule has 1 aromatic rings. The fourth-order valence-corrected chi connectivity index (χ4v) is 4.36. The zero-order valence-electron chi connectivity index (χ0n) is 15.5. The van der Waals surface area contributed by atoms with Gasteiger partial charge in [0.1, 0.15) is 18.3 Å². The first-order valence-electron chi connectivity index (χ1n) is 8.34. The van der Waals surface area contributed by atoms with Gasteiger partial charge < -0.3 is 18.9 Å². The summed E-state index contributed by atoms with van der Waals surface area (Å²) in [6.07, 6.45) is -4.79. The minimum Gasteiger partial charge on any atom is -0.353 e. The Hall–Kier alpha value is -1.12. The maximum atomic E-state index is 11.8. The Morgan fingerprint density at radius 3 is 2.11 bits per heavy atom. The number of benzene rings is 1. The van der Waals surface area contributed by atoms with E-state index < -0.39 is 57.2 Å². The highest BCUT2D eigenvalue weighted by Gasteiger charge is 2.54. The van der Waals surface area contributed by atoms with E-state index in [-0.39, 0.29) is 6.61 Å². The van der Waals surface area contributed by atoms with Crippen molar-refractivity contribution in [1.29, 1.82) is 0 Å². The van der Waals surface area contributed by atoms with E-state index in [9.17, 15) is 16.8 Å². The van der Waals surface area contributed by atoms with Crippen molar-refractivity contribution in [2.24, 2.45) is 0 Å². The van der Waals surface area contributed by atoms with Crippen LogP contribution in [0, 0.1) is 0 Å². The molecule has 0 bridgehead atoms. The second-order valence-corrected chi connectivity index (χ2v) is 9.69. The normalized spacial score (nSPS) is 34.0. The van der Waals surface area contributed by atoms with Crippen LogP contribution >= 0.6 is 0 Å². The number of methoxy groups -OCH3 is 1. The Morgan fingerprint density at radius 2 is 1.54 bits per heavy atom. The van der Waals surface area contributed by atoms with E-state index in [4.69, 9.17) is 27.3 Å². The SMILES string of the molecule is CO[C@H]1O[C@@H]2CO[C@@H](c3ccccc3)O[C@H]2[C@H](OS(C)(=O)=O)[C@@H]1OS(C)(=O)=O. The molecule has 0 spiro atoms. The van der Waals surface area contributed by atoms with E-state index in [1.54, 1.807) is 24.3 Å². The Kier molecular flexibility index (Phi) is 6.41. The highest BCUT2D eigenvalue weighted by Crippen LogP contribution is 2.37. The Balaban J connectivity index is 1.93. The zero-order valence-corrected chi connectivity index (χ0v) is 17.1. The van der Waals surface area contributed by atoms with Crippen molar-refractivity contribution in [2.45, 2.75) is 37.0 Å². The van der Waals surface area contributed by atoms with Crippen LogP contribution in [0.2, 0.25) is 0 Å². The maximum absolute atomic E-state index is 11.8. The van der Waals surface area contributed by atoms with Crippen LogP contribution in [0.4, 0.5) is 0 Å². The van der Waals surface area contributed by atoms with Crippen LogP contribution in [0.3, 0.4) is 0 Å². The second-order valence-electron chi connectivity index (χ2n) is 6.49. The van der Waals surface area contributed by atoms with Crippen molar-refractivity contribution in [3.8, 4) is 0 Å². The standard InChI is InChI=1S/C16H22O10S2/c1-21-16-14(26-28(3,19)20)13(25-27(2,17)18)12-11(23-16)9-22-15(24-12)10-7-5-4-6-8-10/h4-8,11-16H,9H2,1-3H3/t11-,12-,13+,14+,15-,16+/m1/s1. The molecule has 158 valence electrons. The molecule has 3 rings (SSSR count). The molecule has 2 saturated heterocycles. The van der Waals surface area contributed by atoms with Crippen LogP contribution in [-0.4, -0.2) is 73.8 Å². The largest absolute Gasteiger partial charge is 0.353 e. The predicted octanol–water partition coefficient (Wildman–Crippen LogP) is 0.162. The van der Waals surface area contributed by atoms with E-state index in [0.29, 0.717) is 5.56 Å². The molecule has 0 aromatic heterocycles. The number of ether oxygens (including phenoxy) is 4. The minimum atomic E-state index is -3.98.